The van der Waals surface area contributed by atoms with E-state index in [9.17, 15) is 30.0 Å². The molecule has 0 fully saturated rings. The number of sulfone groups is 1. The minimum Gasteiger partial charge on any atom is -0.282 e. The van der Waals surface area contributed by atoms with Crippen molar-refractivity contribution in [1.82, 2.24) is 0 Å². The van der Waals surface area contributed by atoms with Gasteiger partial charge in [0.1, 0.15) is 4.90 Å². The van der Waals surface area contributed by atoms with Gasteiger partial charge in [-0.2, -0.15) is 21.6 Å². The number of halogens is 4. The van der Waals surface area contributed by atoms with Gasteiger partial charge in [0.25, 0.3) is 10.1 Å². The Morgan fingerprint density at radius 3 is 2.04 bits per heavy atom. The lowest BCUT2D eigenvalue weighted by atomic mass is 10.2. The van der Waals surface area contributed by atoms with Crippen LogP contribution in [0.25, 0.3) is 0 Å². The summed E-state index contributed by atoms with van der Waals surface area (Å²) in [4.78, 5) is -2.17. The number of hydrogen-bond donors (Lipinski definition) is 1. The first-order chi connectivity index (χ1) is 10.8. The second-order valence-corrected chi connectivity index (χ2v) is 8.34. The summed E-state index contributed by atoms with van der Waals surface area (Å²) < 4.78 is 94.3. The summed E-state index contributed by atoms with van der Waals surface area (Å²) in [7, 11) is -9.26. The van der Waals surface area contributed by atoms with Crippen LogP contribution in [-0.2, 0) is 26.1 Å². The summed E-state index contributed by atoms with van der Waals surface area (Å²) in [5.41, 5.74) is -1.17. The van der Waals surface area contributed by atoms with Gasteiger partial charge in [0, 0.05) is 0 Å². The molecule has 0 atom stereocenters. The third-order valence-corrected chi connectivity index (χ3v) is 6.05. The van der Waals surface area contributed by atoms with Crippen molar-refractivity contribution < 1.29 is 34.6 Å². The molecule has 0 aliphatic heterocycles. The van der Waals surface area contributed by atoms with Gasteiger partial charge < -0.3 is 0 Å². The van der Waals surface area contributed by atoms with Crippen LogP contribution >= 0.6 is 11.6 Å². The predicted molar refractivity (Wildman–Crippen MR) is 78.2 cm³/mol. The van der Waals surface area contributed by atoms with Gasteiger partial charge in [-0.25, -0.2) is 8.42 Å². The van der Waals surface area contributed by atoms with Crippen LogP contribution in [0, 0.1) is 0 Å². The van der Waals surface area contributed by atoms with Gasteiger partial charge >= 0.3 is 6.18 Å². The Morgan fingerprint density at radius 1 is 0.917 bits per heavy atom. The maximum atomic E-state index is 12.7. The van der Waals surface area contributed by atoms with E-state index in [-0.39, 0.29) is 0 Å². The SMILES string of the molecule is O=S(=O)(O)c1cc(S(=O)(=O)c2cccc(C(F)(F)F)c2)ccc1Cl. The van der Waals surface area contributed by atoms with E-state index >= 15 is 0 Å². The second-order valence-electron chi connectivity index (χ2n) is 4.60. The van der Waals surface area contributed by atoms with Crippen LogP contribution in [0.5, 0.6) is 0 Å². The third kappa shape index (κ3) is 3.72. The Bertz CT molecular complexity index is 999. The molecule has 0 aliphatic rings. The second kappa shape index (κ2) is 6.03. The van der Waals surface area contributed by atoms with Crippen molar-refractivity contribution in [3.63, 3.8) is 0 Å². The molecule has 0 unspecified atom stereocenters. The summed E-state index contributed by atoms with van der Waals surface area (Å²) in [6.07, 6.45) is -4.74. The predicted octanol–water partition coefficient (Wildman–Crippen LogP) is 3.44. The summed E-state index contributed by atoms with van der Waals surface area (Å²) in [6, 6.07) is 5.38. The minimum atomic E-state index is -4.81. The standard InChI is InChI=1S/C13H8ClF3O5S2/c14-11-5-4-10(7-12(11)24(20,21)22)23(18,19)9-3-1-2-8(6-9)13(15,16)17/h1-7H,(H,20,21,22). The maximum absolute atomic E-state index is 12.7. The maximum Gasteiger partial charge on any atom is 0.416 e. The van der Waals surface area contributed by atoms with Gasteiger partial charge in [0.2, 0.25) is 9.84 Å². The molecule has 0 aromatic heterocycles. The van der Waals surface area contributed by atoms with E-state index in [2.05, 4.69) is 0 Å². The van der Waals surface area contributed by atoms with E-state index in [1.807, 2.05) is 0 Å². The molecule has 130 valence electrons. The molecule has 0 bridgehead atoms. The number of benzene rings is 2. The Labute approximate surface area is 140 Å². The average Bonchev–Trinajstić information content (AvgIpc) is 2.45. The Hall–Kier alpha value is -1.62. The number of rotatable bonds is 3. The molecule has 0 saturated carbocycles. The van der Waals surface area contributed by atoms with Crippen LogP contribution in [0.15, 0.2) is 57.2 Å². The molecule has 5 nitrogen and oxygen atoms in total. The van der Waals surface area contributed by atoms with Crippen LogP contribution in [0.2, 0.25) is 5.02 Å². The minimum absolute atomic E-state index is 0.428. The zero-order valence-corrected chi connectivity index (χ0v) is 13.8. The fourth-order valence-corrected chi connectivity index (χ4v) is 4.23. The lowest BCUT2D eigenvalue weighted by Gasteiger charge is -2.10. The van der Waals surface area contributed by atoms with Crippen molar-refractivity contribution >= 4 is 31.6 Å². The summed E-state index contributed by atoms with van der Waals surface area (Å²) in [5, 5.41) is -0.430. The fourth-order valence-electron chi connectivity index (χ4n) is 1.82. The molecule has 0 aliphatic carbocycles. The van der Waals surface area contributed by atoms with E-state index in [1.165, 1.54) is 0 Å². The normalized spacial score (nSPS) is 13.0. The van der Waals surface area contributed by atoms with Crippen LogP contribution in [0.3, 0.4) is 0 Å². The van der Waals surface area contributed by atoms with Crippen molar-refractivity contribution in [3.05, 3.63) is 53.1 Å². The van der Waals surface area contributed by atoms with E-state index in [1.54, 1.807) is 0 Å². The molecule has 2 aromatic carbocycles. The van der Waals surface area contributed by atoms with Gasteiger partial charge in [-0.05, 0) is 36.4 Å². The first kappa shape index (κ1) is 18.7. The molecule has 24 heavy (non-hydrogen) atoms. The van der Waals surface area contributed by atoms with Crippen LogP contribution < -0.4 is 0 Å². The molecule has 1 N–H and O–H groups in total. The van der Waals surface area contributed by atoms with E-state index in [4.69, 9.17) is 16.2 Å². The number of hydrogen-bond acceptors (Lipinski definition) is 4. The Kier molecular flexibility index (Phi) is 4.70. The van der Waals surface area contributed by atoms with Crippen molar-refractivity contribution in [1.29, 1.82) is 0 Å². The van der Waals surface area contributed by atoms with Crippen molar-refractivity contribution in [2.45, 2.75) is 20.9 Å². The van der Waals surface area contributed by atoms with Gasteiger partial charge in [0.15, 0.2) is 0 Å². The van der Waals surface area contributed by atoms with Crippen LogP contribution in [0.4, 0.5) is 13.2 Å². The quantitative estimate of drug-likeness (QED) is 0.797. The van der Waals surface area contributed by atoms with Crippen LogP contribution in [-0.4, -0.2) is 21.4 Å². The largest absolute Gasteiger partial charge is 0.416 e. The van der Waals surface area contributed by atoms with Gasteiger partial charge in [-0.1, -0.05) is 17.7 Å². The highest BCUT2D eigenvalue weighted by molar-refractivity contribution is 7.91. The molecule has 0 heterocycles. The van der Waals surface area contributed by atoms with Gasteiger partial charge in [-0.3, -0.25) is 4.55 Å². The average molecular weight is 401 g/mol. The lowest BCUT2D eigenvalue weighted by molar-refractivity contribution is -0.137. The highest BCUT2D eigenvalue weighted by Gasteiger charge is 2.32. The summed E-state index contributed by atoms with van der Waals surface area (Å²) in [6.45, 7) is 0. The lowest BCUT2D eigenvalue weighted by Crippen LogP contribution is -2.09. The van der Waals surface area contributed by atoms with Gasteiger partial charge in [0.05, 0.1) is 20.4 Å². The van der Waals surface area contributed by atoms with E-state index < -0.39 is 51.4 Å². The molecule has 11 heteroatoms. The molecule has 0 amide bonds. The molecule has 0 spiro atoms. The monoisotopic (exact) mass is 400 g/mol. The number of alkyl halides is 3. The molecular formula is C13H8ClF3O5S2. The van der Waals surface area contributed by atoms with Gasteiger partial charge in [-0.15, -0.1) is 0 Å². The Morgan fingerprint density at radius 2 is 1.50 bits per heavy atom. The summed E-state index contributed by atoms with van der Waals surface area (Å²) >= 11 is 5.58. The van der Waals surface area contributed by atoms with Crippen molar-refractivity contribution in [2.75, 3.05) is 0 Å². The third-order valence-electron chi connectivity index (χ3n) is 2.96. The molecule has 0 radical (unpaired) electrons. The Balaban J connectivity index is 2.65. The van der Waals surface area contributed by atoms with Crippen LogP contribution in [0.1, 0.15) is 5.56 Å². The smallest absolute Gasteiger partial charge is 0.282 e. The zero-order chi connectivity index (χ0) is 18.3. The zero-order valence-electron chi connectivity index (χ0n) is 11.5. The fraction of sp³-hybridized carbons (Fsp3) is 0.0769. The molecular weight excluding hydrogens is 393 g/mol. The molecule has 2 aromatic rings. The topological polar surface area (TPSA) is 88.5 Å². The first-order valence-corrected chi connectivity index (χ1v) is 9.33. The summed E-state index contributed by atoms with van der Waals surface area (Å²) in [5.74, 6) is 0. The van der Waals surface area contributed by atoms with Crippen molar-refractivity contribution in [3.8, 4) is 0 Å². The molecule has 2 rings (SSSR count). The first-order valence-electron chi connectivity index (χ1n) is 6.03. The van der Waals surface area contributed by atoms with Crippen molar-refractivity contribution in [2.24, 2.45) is 0 Å². The highest BCUT2D eigenvalue weighted by atomic mass is 35.5. The molecule has 0 saturated heterocycles. The van der Waals surface area contributed by atoms with E-state index in [0.717, 1.165) is 24.3 Å². The van der Waals surface area contributed by atoms with E-state index in [0.29, 0.717) is 18.2 Å². The highest BCUT2D eigenvalue weighted by Crippen LogP contribution is 2.33.